The van der Waals surface area contributed by atoms with Crippen LogP contribution in [-0.2, 0) is 14.8 Å². The first-order valence-electron chi connectivity index (χ1n) is 7.27. The van der Waals surface area contributed by atoms with Crippen LogP contribution in [0.1, 0.15) is 10.4 Å². The van der Waals surface area contributed by atoms with Crippen LogP contribution in [0.15, 0.2) is 64.5 Å². The second-order valence-electron chi connectivity index (χ2n) is 5.10. The van der Waals surface area contributed by atoms with E-state index in [9.17, 15) is 13.2 Å². The Morgan fingerprint density at radius 2 is 2.00 bits per heavy atom. The van der Waals surface area contributed by atoms with Crippen LogP contribution in [0.2, 0.25) is 0 Å². The molecule has 10 heteroatoms. The van der Waals surface area contributed by atoms with E-state index in [1.165, 1.54) is 42.6 Å². The van der Waals surface area contributed by atoms with Crippen molar-refractivity contribution >= 4 is 37.6 Å². The standard InChI is InChI=1S/C16H13BrN4O4S/c1-25-16(22)12-8-11(6-7-13(12)17)26(23,24)20-14-4-2-3-5-15(14)21-10-18-9-19-21/h2-10,20H,1H3. The number of esters is 1. The third-order valence-electron chi connectivity index (χ3n) is 3.47. The molecule has 2 aromatic carbocycles. The van der Waals surface area contributed by atoms with E-state index in [2.05, 4.69) is 35.5 Å². The Balaban J connectivity index is 2.00. The summed E-state index contributed by atoms with van der Waals surface area (Å²) >= 11 is 3.21. The number of carbonyl (C=O) groups is 1. The molecule has 0 aliphatic heterocycles. The molecule has 0 saturated carbocycles. The van der Waals surface area contributed by atoms with Gasteiger partial charge < -0.3 is 4.74 Å². The molecule has 26 heavy (non-hydrogen) atoms. The number of carbonyl (C=O) groups excluding carboxylic acids is 1. The minimum Gasteiger partial charge on any atom is -0.465 e. The van der Waals surface area contributed by atoms with Gasteiger partial charge in [-0.2, -0.15) is 5.10 Å². The fourth-order valence-electron chi connectivity index (χ4n) is 2.23. The summed E-state index contributed by atoms with van der Waals surface area (Å²) in [4.78, 5) is 15.6. The summed E-state index contributed by atoms with van der Waals surface area (Å²) in [5.41, 5.74) is 0.944. The van der Waals surface area contributed by atoms with Gasteiger partial charge in [-0.25, -0.2) is 22.9 Å². The van der Waals surface area contributed by atoms with Crippen LogP contribution < -0.4 is 4.72 Å². The zero-order valence-electron chi connectivity index (χ0n) is 13.5. The van der Waals surface area contributed by atoms with E-state index in [4.69, 9.17) is 0 Å². The fraction of sp³-hybridized carbons (Fsp3) is 0.0625. The maximum atomic E-state index is 12.8. The number of halogens is 1. The number of hydrogen-bond donors (Lipinski definition) is 1. The number of sulfonamides is 1. The smallest absolute Gasteiger partial charge is 0.339 e. The van der Waals surface area contributed by atoms with Gasteiger partial charge in [-0.1, -0.05) is 12.1 Å². The summed E-state index contributed by atoms with van der Waals surface area (Å²) in [6, 6.07) is 10.9. The summed E-state index contributed by atoms with van der Waals surface area (Å²) in [5.74, 6) is -0.642. The number of rotatable bonds is 5. The predicted molar refractivity (Wildman–Crippen MR) is 97.6 cm³/mol. The van der Waals surface area contributed by atoms with Crippen LogP contribution in [0, 0.1) is 0 Å². The molecule has 0 saturated heterocycles. The summed E-state index contributed by atoms with van der Waals surface area (Å²) in [5, 5.41) is 4.01. The molecule has 0 aliphatic carbocycles. The highest BCUT2D eigenvalue weighted by molar-refractivity contribution is 9.10. The van der Waals surface area contributed by atoms with Gasteiger partial charge in [0.2, 0.25) is 0 Å². The van der Waals surface area contributed by atoms with Crippen LogP contribution in [0.25, 0.3) is 5.69 Å². The van der Waals surface area contributed by atoms with Gasteiger partial charge in [-0.15, -0.1) is 0 Å². The van der Waals surface area contributed by atoms with Crippen LogP contribution in [0.3, 0.4) is 0 Å². The second kappa shape index (κ2) is 7.26. The van der Waals surface area contributed by atoms with Crippen molar-refractivity contribution in [2.24, 2.45) is 0 Å². The maximum absolute atomic E-state index is 12.8. The molecule has 3 rings (SSSR count). The molecule has 0 amide bonds. The summed E-state index contributed by atoms with van der Waals surface area (Å²) < 4.78 is 34.6. The van der Waals surface area contributed by atoms with Crippen molar-refractivity contribution in [1.82, 2.24) is 14.8 Å². The molecule has 1 heterocycles. The zero-order chi connectivity index (χ0) is 18.7. The minimum absolute atomic E-state index is 0.0745. The number of ether oxygens (including phenoxy) is 1. The third kappa shape index (κ3) is 3.60. The second-order valence-corrected chi connectivity index (χ2v) is 7.63. The molecule has 0 spiro atoms. The molecule has 0 bridgehead atoms. The molecular formula is C16H13BrN4O4S. The quantitative estimate of drug-likeness (QED) is 0.616. The fourth-order valence-corrected chi connectivity index (χ4v) is 3.74. The van der Waals surface area contributed by atoms with E-state index in [1.54, 1.807) is 24.3 Å². The summed E-state index contributed by atoms with van der Waals surface area (Å²) in [6.45, 7) is 0. The largest absolute Gasteiger partial charge is 0.465 e. The molecular weight excluding hydrogens is 424 g/mol. The molecule has 3 aromatic rings. The van der Waals surface area contributed by atoms with Crippen molar-refractivity contribution in [3.05, 3.63) is 65.2 Å². The van der Waals surface area contributed by atoms with Gasteiger partial charge in [0.15, 0.2) is 0 Å². The van der Waals surface area contributed by atoms with E-state index in [0.717, 1.165) is 0 Å². The Labute approximate surface area is 158 Å². The Morgan fingerprint density at radius 3 is 2.69 bits per heavy atom. The lowest BCUT2D eigenvalue weighted by Gasteiger charge is -2.13. The van der Waals surface area contributed by atoms with Crippen molar-refractivity contribution in [3.63, 3.8) is 0 Å². The number of nitrogens with zero attached hydrogens (tertiary/aromatic N) is 3. The molecule has 0 fully saturated rings. The Kier molecular flexibility index (Phi) is 5.05. The Morgan fingerprint density at radius 1 is 1.23 bits per heavy atom. The van der Waals surface area contributed by atoms with E-state index in [1.807, 2.05) is 0 Å². The molecule has 0 unspecified atom stereocenters. The average molecular weight is 437 g/mol. The number of benzene rings is 2. The molecule has 0 atom stereocenters. The van der Waals surface area contributed by atoms with Gasteiger partial charge in [-0.05, 0) is 46.3 Å². The van der Waals surface area contributed by atoms with Crippen molar-refractivity contribution < 1.29 is 17.9 Å². The first-order chi connectivity index (χ1) is 12.4. The Hall–Kier alpha value is -2.72. The van der Waals surface area contributed by atoms with Crippen molar-refractivity contribution in [2.75, 3.05) is 11.8 Å². The monoisotopic (exact) mass is 436 g/mol. The Bertz CT molecular complexity index is 1050. The third-order valence-corrected chi connectivity index (χ3v) is 5.52. The lowest BCUT2D eigenvalue weighted by atomic mass is 10.2. The molecule has 0 aliphatic rings. The van der Waals surface area contributed by atoms with Crippen molar-refractivity contribution in [1.29, 1.82) is 0 Å². The first-order valence-corrected chi connectivity index (χ1v) is 9.55. The molecule has 134 valence electrons. The number of nitrogens with one attached hydrogen (secondary N) is 1. The highest BCUT2D eigenvalue weighted by Crippen LogP contribution is 2.26. The SMILES string of the molecule is COC(=O)c1cc(S(=O)(=O)Nc2ccccc2-n2cncn2)ccc1Br. The van der Waals surface area contributed by atoms with Gasteiger partial charge in [0.05, 0.1) is 28.9 Å². The highest BCUT2D eigenvalue weighted by Gasteiger charge is 2.20. The maximum Gasteiger partial charge on any atom is 0.339 e. The molecule has 0 radical (unpaired) electrons. The van der Waals surface area contributed by atoms with Crippen LogP contribution >= 0.6 is 15.9 Å². The van der Waals surface area contributed by atoms with Gasteiger partial charge in [0, 0.05) is 4.47 Å². The first kappa shape index (κ1) is 18.1. The van der Waals surface area contributed by atoms with Gasteiger partial charge in [0.1, 0.15) is 12.7 Å². The number of aromatic nitrogens is 3. The average Bonchev–Trinajstić information content (AvgIpc) is 3.16. The van der Waals surface area contributed by atoms with Crippen LogP contribution in [0.4, 0.5) is 5.69 Å². The number of anilines is 1. The van der Waals surface area contributed by atoms with Crippen molar-refractivity contribution in [3.8, 4) is 5.69 Å². The highest BCUT2D eigenvalue weighted by atomic mass is 79.9. The molecule has 1 N–H and O–H groups in total. The number of methoxy groups -OCH3 is 1. The normalized spacial score (nSPS) is 11.2. The molecule has 1 aromatic heterocycles. The van der Waals surface area contributed by atoms with Crippen LogP contribution in [-0.4, -0.2) is 36.3 Å². The summed E-state index contributed by atoms with van der Waals surface area (Å²) in [6.07, 6.45) is 2.81. The van der Waals surface area contributed by atoms with E-state index >= 15 is 0 Å². The lowest BCUT2D eigenvalue weighted by Crippen LogP contribution is -2.16. The van der Waals surface area contributed by atoms with E-state index in [-0.39, 0.29) is 10.5 Å². The minimum atomic E-state index is -3.95. The summed E-state index contributed by atoms with van der Waals surface area (Å²) in [7, 11) is -2.72. The van der Waals surface area contributed by atoms with Gasteiger partial charge in [-0.3, -0.25) is 4.72 Å². The van der Waals surface area contributed by atoms with Crippen LogP contribution in [0.5, 0.6) is 0 Å². The topological polar surface area (TPSA) is 103 Å². The number of hydrogen-bond acceptors (Lipinski definition) is 6. The van der Waals surface area contributed by atoms with E-state index in [0.29, 0.717) is 15.8 Å². The van der Waals surface area contributed by atoms with Gasteiger partial charge in [0.25, 0.3) is 10.0 Å². The van der Waals surface area contributed by atoms with Crippen molar-refractivity contribution in [2.45, 2.75) is 4.90 Å². The molecule has 8 nitrogen and oxygen atoms in total. The lowest BCUT2D eigenvalue weighted by molar-refractivity contribution is 0.0599. The van der Waals surface area contributed by atoms with E-state index < -0.39 is 16.0 Å². The zero-order valence-corrected chi connectivity index (χ0v) is 15.9. The number of para-hydroxylation sites is 2. The van der Waals surface area contributed by atoms with Gasteiger partial charge >= 0.3 is 5.97 Å². The predicted octanol–water partition coefficient (Wildman–Crippen LogP) is 2.62.